The van der Waals surface area contributed by atoms with Crippen LogP contribution >= 0.6 is 0 Å². The number of pyridine rings is 1. The molecule has 27 heavy (non-hydrogen) atoms. The van der Waals surface area contributed by atoms with Crippen molar-refractivity contribution in [3.05, 3.63) is 53.9 Å². The zero-order valence-electron chi connectivity index (χ0n) is 16.3. The zero-order valence-corrected chi connectivity index (χ0v) is 16.3. The molecular formula is C21H27N3O3. The number of rotatable bonds is 8. The van der Waals surface area contributed by atoms with Gasteiger partial charge in [0.1, 0.15) is 11.4 Å². The molecule has 144 valence electrons. The molecule has 0 bridgehead atoms. The number of aromatic nitrogens is 1. The Bertz CT molecular complexity index is 770. The van der Waals surface area contributed by atoms with E-state index in [0.717, 1.165) is 12.2 Å². The Morgan fingerprint density at radius 3 is 2.37 bits per heavy atom. The minimum absolute atomic E-state index is 0.0902. The van der Waals surface area contributed by atoms with Crippen molar-refractivity contribution in [2.75, 3.05) is 11.9 Å². The number of nitrogens with one attached hydrogen (secondary N) is 2. The lowest BCUT2D eigenvalue weighted by Crippen LogP contribution is -2.26. The maximum atomic E-state index is 12.5. The maximum absolute atomic E-state index is 12.5. The molecule has 0 unspecified atom stereocenters. The van der Waals surface area contributed by atoms with Gasteiger partial charge in [0.05, 0.1) is 6.10 Å². The lowest BCUT2D eigenvalue weighted by atomic mass is 10.1. The average Bonchev–Trinajstić information content (AvgIpc) is 2.62. The number of carbonyl (C=O) groups excluding carboxylic acids is 2. The van der Waals surface area contributed by atoms with E-state index < -0.39 is 0 Å². The predicted octanol–water partition coefficient (Wildman–Crippen LogP) is 3.90. The van der Waals surface area contributed by atoms with Crippen molar-refractivity contribution in [2.45, 2.75) is 40.2 Å². The van der Waals surface area contributed by atoms with E-state index in [1.807, 2.05) is 13.8 Å². The van der Waals surface area contributed by atoms with Crippen LogP contribution in [0.3, 0.4) is 0 Å². The van der Waals surface area contributed by atoms with Crippen molar-refractivity contribution in [3.63, 3.8) is 0 Å². The molecule has 1 aromatic heterocycles. The largest absolute Gasteiger partial charge is 0.491 e. The molecule has 6 heteroatoms. The molecule has 0 atom stereocenters. The number of benzene rings is 1. The lowest BCUT2D eigenvalue weighted by Gasteiger charge is -2.11. The summed E-state index contributed by atoms with van der Waals surface area (Å²) >= 11 is 0. The molecule has 2 aromatic rings. The van der Waals surface area contributed by atoms with Crippen LogP contribution < -0.4 is 15.4 Å². The molecule has 0 fully saturated rings. The summed E-state index contributed by atoms with van der Waals surface area (Å²) in [5.74, 6) is 0.673. The van der Waals surface area contributed by atoms with Gasteiger partial charge in [-0.05, 0) is 62.6 Å². The minimum Gasteiger partial charge on any atom is -0.491 e. The van der Waals surface area contributed by atoms with Crippen LogP contribution in [0.25, 0.3) is 0 Å². The van der Waals surface area contributed by atoms with E-state index in [4.69, 9.17) is 4.74 Å². The molecule has 1 heterocycles. The summed E-state index contributed by atoms with van der Waals surface area (Å²) in [5.41, 5.74) is 1.25. The van der Waals surface area contributed by atoms with Gasteiger partial charge in [0, 0.05) is 24.0 Å². The third-order valence-corrected chi connectivity index (χ3v) is 3.75. The third-order valence-electron chi connectivity index (χ3n) is 3.75. The number of amides is 2. The summed E-state index contributed by atoms with van der Waals surface area (Å²) in [6, 6.07) is 10.2. The van der Waals surface area contributed by atoms with Crippen LogP contribution in [0.5, 0.6) is 5.75 Å². The van der Waals surface area contributed by atoms with E-state index in [9.17, 15) is 9.59 Å². The van der Waals surface area contributed by atoms with Crippen LogP contribution in [-0.2, 0) is 0 Å². The molecule has 1 aromatic carbocycles. The van der Waals surface area contributed by atoms with Gasteiger partial charge in [0.15, 0.2) is 0 Å². The zero-order chi connectivity index (χ0) is 19.8. The van der Waals surface area contributed by atoms with Crippen molar-refractivity contribution in [2.24, 2.45) is 5.92 Å². The Morgan fingerprint density at radius 1 is 1.04 bits per heavy atom. The van der Waals surface area contributed by atoms with Gasteiger partial charge in [-0.3, -0.25) is 14.6 Å². The summed E-state index contributed by atoms with van der Waals surface area (Å²) in [6.07, 6.45) is 2.45. The highest BCUT2D eigenvalue weighted by atomic mass is 16.5. The van der Waals surface area contributed by atoms with Crippen molar-refractivity contribution >= 4 is 17.5 Å². The van der Waals surface area contributed by atoms with Crippen LogP contribution in [0.1, 0.15) is 55.0 Å². The second-order valence-electron chi connectivity index (χ2n) is 7.01. The summed E-state index contributed by atoms with van der Waals surface area (Å²) in [5, 5.41) is 5.63. The second kappa shape index (κ2) is 9.71. The second-order valence-corrected chi connectivity index (χ2v) is 7.01. The fourth-order valence-corrected chi connectivity index (χ4v) is 2.35. The van der Waals surface area contributed by atoms with E-state index in [1.165, 1.54) is 12.3 Å². The summed E-state index contributed by atoms with van der Waals surface area (Å²) in [6.45, 7) is 8.68. The number of carbonyl (C=O) groups is 2. The van der Waals surface area contributed by atoms with Crippen molar-refractivity contribution in [3.8, 4) is 5.75 Å². The Balaban J connectivity index is 1.99. The van der Waals surface area contributed by atoms with Crippen molar-refractivity contribution in [1.82, 2.24) is 10.3 Å². The molecule has 0 radical (unpaired) electrons. The van der Waals surface area contributed by atoms with Crippen LogP contribution in [-0.4, -0.2) is 29.4 Å². The van der Waals surface area contributed by atoms with Gasteiger partial charge in [-0.1, -0.05) is 13.8 Å². The molecule has 0 aliphatic heterocycles. The molecular weight excluding hydrogens is 342 g/mol. The summed E-state index contributed by atoms with van der Waals surface area (Å²) < 4.78 is 5.58. The normalized spacial score (nSPS) is 10.7. The molecule has 0 saturated heterocycles. The Labute approximate surface area is 160 Å². The summed E-state index contributed by atoms with van der Waals surface area (Å²) in [4.78, 5) is 28.7. The molecule has 2 amide bonds. The molecule has 6 nitrogen and oxygen atoms in total. The highest BCUT2D eigenvalue weighted by Gasteiger charge is 2.12. The van der Waals surface area contributed by atoms with Gasteiger partial charge in [-0.2, -0.15) is 0 Å². The smallest absolute Gasteiger partial charge is 0.269 e. The third kappa shape index (κ3) is 6.73. The van der Waals surface area contributed by atoms with E-state index in [0.29, 0.717) is 23.7 Å². The van der Waals surface area contributed by atoms with Crippen molar-refractivity contribution in [1.29, 1.82) is 0 Å². The monoisotopic (exact) mass is 369 g/mol. The van der Waals surface area contributed by atoms with E-state index in [1.54, 1.807) is 30.3 Å². The highest BCUT2D eigenvalue weighted by Crippen LogP contribution is 2.17. The molecule has 2 rings (SSSR count). The van der Waals surface area contributed by atoms with Gasteiger partial charge in [-0.25, -0.2) is 0 Å². The molecule has 0 spiro atoms. The quantitative estimate of drug-likeness (QED) is 0.740. The Hall–Kier alpha value is -2.89. The van der Waals surface area contributed by atoms with Gasteiger partial charge in [-0.15, -0.1) is 0 Å². The highest BCUT2D eigenvalue weighted by molar-refractivity contribution is 6.05. The number of anilines is 1. The predicted molar refractivity (Wildman–Crippen MR) is 106 cm³/mol. The topological polar surface area (TPSA) is 80.3 Å². The fourth-order valence-electron chi connectivity index (χ4n) is 2.35. The molecule has 0 aliphatic carbocycles. The average molecular weight is 369 g/mol. The van der Waals surface area contributed by atoms with Gasteiger partial charge in [0.2, 0.25) is 0 Å². The minimum atomic E-state index is -0.300. The number of hydrogen-bond acceptors (Lipinski definition) is 4. The first-order valence-corrected chi connectivity index (χ1v) is 9.17. The SMILES string of the molecule is CC(C)CCNC(=O)c1cc(C(=O)Nc2ccc(OC(C)C)cc2)ccn1. The number of ether oxygens (including phenoxy) is 1. The molecule has 2 N–H and O–H groups in total. The van der Waals surface area contributed by atoms with Gasteiger partial charge in [0.25, 0.3) is 11.8 Å². The number of hydrogen-bond donors (Lipinski definition) is 2. The lowest BCUT2D eigenvalue weighted by molar-refractivity contribution is 0.0947. The first-order chi connectivity index (χ1) is 12.8. The standard InChI is InChI=1S/C21H27N3O3/c1-14(2)9-11-23-21(26)19-13-16(10-12-22-19)20(25)24-17-5-7-18(8-6-17)27-15(3)4/h5-8,10,12-15H,9,11H2,1-4H3,(H,23,26)(H,24,25). The van der Waals surface area contributed by atoms with Crippen LogP contribution in [0.15, 0.2) is 42.6 Å². The van der Waals surface area contributed by atoms with E-state index in [2.05, 4.69) is 29.5 Å². The molecule has 0 saturated carbocycles. The van der Waals surface area contributed by atoms with Gasteiger partial charge >= 0.3 is 0 Å². The Morgan fingerprint density at radius 2 is 1.74 bits per heavy atom. The first-order valence-electron chi connectivity index (χ1n) is 9.17. The molecule has 0 aliphatic rings. The number of nitrogens with zero attached hydrogens (tertiary/aromatic N) is 1. The maximum Gasteiger partial charge on any atom is 0.269 e. The fraction of sp³-hybridized carbons (Fsp3) is 0.381. The van der Waals surface area contributed by atoms with Gasteiger partial charge < -0.3 is 15.4 Å². The first kappa shape index (κ1) is 20.4. The van der Waals surface area contributed by atoms with E-state index in [-0.39, 0.29) is 23.6 Å². The van der Waals surface area contributed by atoms with Crippen molar-refractivity contribution < 1.29 is 14.3 Å². The Kier molecular flexibility index (Phi) is 7.34. The van der Waals surface area contributed by atoms with Crippen LogP contribution in [0, 0.1) is 5.92 Å². The van der Waals surface area contributed by atoms with Crippen LogP contribution in [0.2, 0.25) is 0 Å². The summed E-state index contributed by atoms with van der Waals surface area (Å²) in [7, 11) is 0. The van der Waals surface area contributed by atoms with Crippen LogP contribution in [0.4, 0.5) is 5.69 Å². The van der Waals surface area contributed by atoms with E-state index >= 15 is 0 Å².